The van der Waals surface area contributed by atoms with Crippen molar-refractivity contribution in [3.8, 4) is 0 Å². The molecule has 0 saturated heterocycles. The number of unbranched alkanes of at least 4 members (excludes halogenated alkanes) is 3. The molecule has 0 aromatic carbocycles. The first-order valence-corrected chi connectivity index (χ1v) is 4.12. The minimum Gasteiger partial charge on any atom is -0.127 e. The molecule has 0 heterocycles. The smallest absolute Gasteiger partial charge is 0.0223 e. The topological polar surface area (TPSA) is 0 Å². The lowest BCUT2D eigenvalue weighted by molar-refractivity contribution is 0.732. The quantitative estimate of drug-likeness (QED) is 0.317. The van der Waals surface area contributed by atoms with Crippen LogP contribution in [0.1, 0.15) is 32.6 Å². The first kappa shape index (κ1) is 9.03. The van der Waals surface area contributed by atoms with Crippen molar-refractivity contribution in [1.82, 2.24) is 0 Å². The van der Waals surface area contributed by atoms with Gasteiger partial charge in [-0.25, -0.2) is 0 Å². The molecule has 0 unspecified atom stereocenters. The van der Waals surface area contributed by atoms with Gasteiger partial charge in [0.2, 0.25) is 0 Å². The van der Waals surface area contributed by atoms with Crippen molar-refractivity contribution < 1.29 is 0 Å². The molecule has 9 heavy (non-hydrogen) atoms. The van der Waals surface area contributed by atoms with Crippen molar-refractivity contribution in [2.75, 3.05) is 5.88 Å². The molecular formula is C8H15Cl. The standard InChI is InChI=1S/C8H15Cl/c1-2-3-4-5-6-7-8-9/h2-3H,4-8H2,1H3/b3-2+. The van der Waals surface area contributed by atoms with E-state index in [-0.39, 0.29) is 0 Å². The van der Waals surface area contributed by atoms with E-state index in [0.717, 1.165) is 5.88 Å². The van der Waals surface area contributed by atoms with Crippen molar-refractivity contribution in [2.24, 2.45) is 0 Å². The molecule has 54 valence electrons. The summed E-state index contributed by atoms with van der Waals surface area (Å²) in [5.74, 6) is 0.815. The van der Waals surface area contributed by atoms with Crippen LogP contribution in [0.2, 0.25) is 0 Å². The van der Waals surface area contributed by atoms with E-state index in [2.05, 4.69) is 19.1 Å². The Kier molecular flexibility index (Phi) is 8.06. The van der Waals surface area contributed by atoms with Crippen LogP contribution in [0.4, 0.5) is 0 Å². The fourth-order valence-electron chi connectivity index (χ4n) is 0.700. The molecule has 0 saturated carbocycles. The van der Waals surface area contributed by atoms with Crippen LogP contribution < -0.4 is 0 Å². The Morgan fingerprint density at radius 3 is 2.56 bits per heavy atom. The van der Waals surface area contributed by atoms with Gasteiger partial charge in [-0.2, -0.15) is 0 Å². The van der Waals surface area contributed by atoms with E-state index in [9.17, 15) is 0 Å². The Morgan fingerprint density at radius 1 is 1.22 bits per heavy atom. The fraction of sp³-hybridized carbons (Fsp3) is 0.750. The second-order valence-electron chi connectivity index (χ2n) is 2.11. The van der Waals surface area contributed by atoms with Gasteiger partial charge in [-0.3, -0.25) is 0 Å². The van der Waals surface area contributed by atoms with Crippen LogP contribution in [-0.2, 0) is 0 Å². The Labute approximate surface area is 62.9 Å². The third-order valence-electron chi connectivity index (χ3n) is 1.24. The second kappa shape index (κ2) is 8.03. The predicted molar refractivity (Wildman–Crippen MR) is 44.0 cm³/mol. The zero-order valence-electron chi connectivity index (χ0n) is 6.07. The van der Waals surface area contributed by atoms with Crippen molar-refractivity contribution in [3.05, 3.63) is 12.2 Å². The first-order valence-electron chi connectivity index (χ1n) is 3.59. The van der Waals surface area contributed by atoms with Crippen LogP contribution in [0.3, 0.4) is 0 Å². The van der Waals surface area contributed by atoms with E-state index in [4.69, 9.17) is 11.6 Å². The maximum absolute atomic E-state index is 5.50. The highest BCUT2D eigenvalue weighted by Crippen LogP contribution is 2.01. The van der Waals surface area contributed by atoms with Crippen molar-refractivity contribution in [3.63, 3.8) is 0 Å². The monoisotopic (exact) mass is 146 g/mol. The molecular weight excluding hydrogens is 132 g/mol. The summed E-state index contributed by atoms with van der Waals surface area (Å²) in [6, 6.07) is 0. The largest absolute Gasteiger partial charge is 0.127 e. The van der Waals surface area contributed by atoms with Crippen LogP contribution in [0.25, 0.3) is 0 Å². The van der Waals surface area contributed by atoms with Crippen LogP contribution >= 0.6 is 11.6 Å². The molecule has 0 amide bonds. The minimum absolute atomic E-state index is 0.815. The Bertz CT molecular complexity index is 67.0. The number of halogens is 1. The van der Waals surface area contributed by atoms with Gasteiger partial charge in [0, 0.05) is 5.88 Å². The number of rotatable bonds is 5. The molecule has 0 fully saturated rings. The lowest BCUT2D eigenvalue weighted by atomic mass is 10.2. The van der Waals surface area contributed by atoms with E-state index in [1.54, 1.807) is 0 Å². The van der Waals surface area contributed by atoms with Gasteiger partial charge in [-0.1, -0.05) is 18.6 Å². The van der Waals surface area contributed by atoms with Gasteiger partial charge in [0.1, 0.15) is 0 Å². The van der Waals surface area contributed by atoms with Gasteiger partial charge in [0.25, 0.3) is 0 Å². The van der Waals surface area contributed by atoms with Crippen LogP contribution in [0.15, 0.2) is 12.2 Å². The molecule has 1 heteroatoms. The molecule has 0 radical (unpaired) electrons. The fourth-order valence-corrected chi connectivity index (χ4v) is 0.889. The molecule has 0 aliphatic rings. The summed E-state index contributed by atoms with van der Waals surface area (Å²) in [6.07, 6.45) is 9.24. The molecule has 0 bridgehead atoms. The van der Waals surface area contributed by atoms with Crippen LogP contribution in [-0.4, -0.2) is 5.88 Å². The first-order chi connectivity index (χ1) is 4.41. The summed E-state index contributed by atoms with van der Waals surface area (Å²) >= 11 is 5.50. The van der Waals surface area contributed by atoms with E-state index in [1.807, 2.05) is 0 Å². The van der Waals surface area contributed by atoms with Crippen molar-refractivity contribution >= 4 is 11.6 Å². The van der Waals surface area contributed by atoms with Gasteiger partial charge in [0.15, 0.2) is 0 Å². The summed E-state index contributed by atoms with van der Waals surface area (Å²) in [5.41, 5.74) is 0. The van der Waals surface area contributed by atoms with Crippen molar-refractivity contribution in [2.45, 2.75) is 32.6 Å². The molecule has 0 rings (SSSR count). The zero-order chi connectivity index (χ0) is 6.95. The molecule has 0 nitrogen and oxygen atoms in total. The van der Waals surface area contributed by atoms with E-state index >= 15 is 0 Å². The van der Waals surface area contributed by atoms with Gasteiger partial charge in [0.05, 0.1) is 0 Å². The van der Waals surface area contributed by atoms with Gasteiger partial charge >= 0.3 is 0 Å². The van der Waals surface area contributed by atoms with Crippen LogP contribution in [0.5, 0.6) is 0 Å². The third-order valence-corrected chi connectivity index (χ3v) is 1.51. The Hall–Kier alpha value is 0.0300. The van der Waals surface area contributed by atoms with E-state index in [0.29, 0.717) is 0 Å². The number of allylic oxidation sites excluding steroid dienone is 2. The Morgan fingerprint density at radius 2 is 2.00 bits per heavy atom. The summed E-state index contributed by atoms with van der Waals surface area (Å²) in [7, 11) is 0. The Balaban J connectivity index is 2.75. The normalized spacial score (nSPS) is 10.9. The highest BCUT2D eigenvalue weighted by molar-refractivity contribution is 6.17. The molecule has 0 aromatic rings. The molecule has 0 aliphatic carbocycles. The molecule has 0 aliphatic heterocycles. The predicted octanol–water partition coefficient (Wildman–Crippen LogP) is 3.36. The highest BCUT2D eigenvalue weighted by atomic mass is 35.5. The molecule has 0 atom stereocenters. The molecule has 0 aromatic heterocycles. The zero-order valence-corrected chi connectivity index (χ0v) is 6.82. The third kappa shape index (κ3) is 8.03. The van der Waals surface area contributed by atoms with Gasteiger partial charge in [-0.05, 0) is 26.2 Å². The average Bonchev–Trinajstić information content (AvgIpc) is 1.89. The maximum atomic E-state index is 5.50. The maximum Gasteiger partial charge on any atom is 0.0223 e. The molecule has 0 N–H and O–H groups in total. The van der Waals surface area contributed by atoms with E-state index in [1.165, 1.54) is 25.7 Å². The van der Waals surface area contributed by atoms with Crippen LogP contribution in [0, 0.1) is 0 Å². The lowest BCUT2D eigenvalue weighted by Gasteiger charge is -1.91. The number of hydrogen-bond acceptors (Lipinski definition) is 0. The van der Waals surface area contributed by atoms with Crippen molar-refractivity contribution in [1.29, 1.82) is 0 Å². The number of hydrogen-bond donors (Lipinski definition) is 0. The lowest BCUT2D eigenvalue weighted by Crippen LogP contribution is -1.75. The summed E-state index contributed by atoms with van der Waals surface area (Å²) in [4.78, 5) is 0. The second-order valence-corrected chi connectivity index (χ2v) is 2.49. The number of alkyl halides is 1. The minimum atomic E-state index is 0.815. The average molecular weight is 147 g/mol. The van der Waals surface area contributed by atoms with Gasteiger partial charge in [-0.15, -0.1) is 11.6 Å². The summed E-state index contributed by atoms with van der Waals surface area (Å²) in [5, 5.41) is 0. The summed E-state index contributed by atoms with van der Waals surface area (Å²) < 4.78 is 0. The summed E-state index contributed by atoms with van der Waals surface area (Å²) in [6.45, 7) is 2.06. The molecule has 0 spiro atoms. The van der Waals surface area contributed by atoms with E-state index < -0.39 is 0 Å². The van der Waals surface area contributed by atoms with Gasteiger partial charge < -0.3 is 0 Å². The SMILES string of the molecule is C/C=C/CCCCCCl. The highest BCUT2D eigenvalue weighted by Gasteiger charge is 1.83.